The van der Waals surface area contributed by atoms with E-state index < -0.39 is 5.97 Å². The Morgan fingerprint density at radius 3 is 2.75 bits per heavy atom. The number of rotatable bonds is 6. The Morgan fingerprint density at radius 1 is 1.44 bits per heavy atom. The first kappa shape index (κ1) is 12.3. The zero-order valence-corrected chi connectivity index (χ0v) is 9.40. The number of methoxy groups -OCH3 is 2. The van der Waals surface area contributed by atoms with Crippen LogP contribution < -0.4 is 9.47 Å². The molecule has 5 nitrogen and oxygen atoms in total. The molecule has 1 rings (SSSR count). The second kappa shape index (κ2) is 5.95. The second-order valence-electron chi connectivity index (χ2n) is 3.25. The summed E-state index contributed by atoms with van der Waals surface area (Å²) in [6, 6.07) is 1.73. The van der Waals surface area contributed by atoms with Crippen LogP contribution in [0.1, 0.15) is 18.4 Å². The van der Waals surface area contributed by atoms with Crippen molar-refractivity contribution in [2.45, 2.75) is 19.3 Å². The predicted octanol–water partition coefficient (Wildman–Crippen LogP) is 1.51. The molecule has 0 aliphatic carbocycles. The Labute approximate surface area is 94.0 Å². The SMILES string of the molecule is COc1ccnc(OC)c1CCCC(=O)O. The lowest BCUT2D eigenvalue weighted by molar-refractivity contribution is -0.137. The summed E-state index contributed by atoms with van der Waals surface area (Å²) in [7, 11) is 3.10. The summed E-state index contributed by atoms with van der Waals surface area (Å²) in [6.45, 7) is 0. The Balaban J connectivity index is 2.78. The largest absolute Gasteiger partial charge is 0.496 e. The molecule has 5 heteroatoms. The molecule has 0 saturated heterocycles. The summed E-state index contributed by atoms with van der Waals surface area (Å²) in [4.78, 5) is 14.5. The van der Waals surface area contributed by atoms with Gasteiger partial charge in [-0.15, -0.1) is 0 Å². The first-order chi connectivity index (χ1) is 7.69. The van der Waals surface area contributed by atoms with E-state index in [4.69, 9.17) is 14.6 Å². The van der Waals surface area contributed by atoms with Crippen LogP contribution in [-0.4, -0.2) is 30.3 Å². The van der Waals surface area contributed by atoms with Crippen LogP contribution >= 0.6 is 0 Å². The van der Waals surface area contributed by atoms with Crippen molar-refractivity contribution in [2.75, 3.05) is 14.2 Å². The summed E-state index contributed by atoms with van der Waals surface area (Å²) in [5, 5.41) is 8.57. The minimum Gasteiger partial charge on any atom is -0.496 e. The van der Waals surface area contributed by atoms with Crippen LogP contribution in [0.4, 0.5) is 0 Å². The molecule has 0 spiro atoms. The highest BCUT2D eigenvalue weighted by Gasteiger charge is 2.11. The van der Waals surface area contributed by atoms with Crippen LogP contribution in [0.15, 0.2) is 12.3 Å². The number of hydrogen-bond acceptors (Lipinski definition) is 4. The third-order valence-corrected chi connectivity index (χ3v) is 2.20. The molecular formula is C11H15NO4. The topological polar surface area (TPSA) is 68.7 Å². The average molecular weight is 225 g/mol. The lowest BCUT2D eigenvalue weighted by atomic mass is 10.1. The standard InChI is InChI=1S/C11H15NO4/c1-15-9-6-7-12-11(16-2)8(9)4-3-5-10(13)14/h6-7H,3-5H2,1-2H3,(H,13,14). The zero-order chi connectivity index (χ0) is 12.0. The van der Waals surface area contributed by atoms with Gasteiger partial charge >= 0.3 is 5.97 Å². The molecule has 0 unspecified atom stereocenters. The zero-order valence-electron chi connectivity index (χ0n) is 9.40. The smallest absolute Gasteiger partial charge is 0.303 e. The van der Waals surface area contributed by atoms with Crippen LogP contribution in [-0.2, 0) is 11.2 Å². The van der Waals surface area contributed by atoms with Crippen molar-refractivity contribution in [1.82, 2.24) is 4.98 Å². The number of pyridine rings is 1. The summed E-state index contributed by atoms with van der Waals surface area (Å²) in [6.07, 6.45) is 2.83. The van der Waals surface area contributed by atoms with E-state index in [1.54, 1.807) is 19.4 Å². The highest BCUT2D eigenvalue weighted by Crippen LogP contribution is 2.27. The molecule has 0 atom stereocenters. The van der Waals surface area contributed by atoms with Crippen molar-refractivity contribution in [1.29, 1.82) is 0 Å². The fourth-order valence-electron chi connectivity index (χ4n) is 1.47. The lowest BCUT2D eigenvalue weighted by Gasteiger charge is -2.10. The van der Waals surface area contributed by atoms with Gasteiger partial charge in [-0.3, -0.25) is 4.79 Å². The maximum atomic E-state index is 10.4. The van der Waals surface area contributed by atoms with E-state index in [0.717, 1.165) is 5.56 Å². The average Bonchev–Trinajstić information content (AvgIpc) is 2.28. The maximum Gasteiger partial charge on any atom is 0.303 e. The molecule has 1 heterocycles. The van der Waals surface area contributed by atoms with Gasteiger partial charge < -0.3 is 14.6 Å². The van der Waals surface area contributed by atoms with Crippen molar-refractivity contribution in [3.8, 4) is 11.6 Å². The van der Waals surface area contributed by atoms with Crippen LogP contribution in [0.2, 0.25) is 0 Å². The van der Waals surface area contributed by atoms with Crippen molar-refractivity contribution in [3.05, 3.63) is 17.8 Å². The van der Waals surface area contributed by atoms with E-state index in [1.165, 1.54) is 7.11 Å². The molecule has 0 radical (unpaired) electrons. The van der Waals surface area contributed by atoms with Crippen LogP contribution in [0.25, 0.3) is 0 Å². The van der Waals surface area contributed by atoms with Crippen molar-refractivity contribution in [3.63, 3.8) is 0 Å². The first-order valence-corrected chi connectivity index (χ1v) is 4.96. The van der Waals surface area contributed by atoms with Crippen LogP contribution in [0.5, 0.6) is 11.6 Å². The molecule has 1 aromatic rings. The van der Waals surface area contributed by atoms with E-state index in [-0.39, 0.29) is 6.42 Å². The number of hydrogen-bond donors (Lipinski definition) is 1. The number of ether oxygens (including phenoxy) is 2. The van der Waals surface area contributed by atoms with Crippen LogP contribution in [0, 0.1) is 0 Å². The Kier molecular flexibility index (Phi) is 4.57. The Morgan fingerprint density at radius 2 is 2.19 bits per heavy atom. The number of nitrogens with zero attached hydrogens (tertiary/aromatic N) is 1. The number of carboxylic acid groups (broad SMARTS) is 1. The molecule has 0 aromatic carbocycles. The second-order valence-corrected chi connectivity index (χ2v) is 3.25. The van der Waals surface area contributed by atoms with Crippen molar-refractivity contribution < 1.29 is 19.4 Å². The third-order valence-electron chi connectivity index (χ3n) is 2.20. The summed E-state index contributed by atoms with van der Waals surface area (Å²) in [5.74, 6) is 0.365. The van der Waals surface area contributed by atoms with E-state index in [9.17, 15) is 4.79 Å². The van der Waals surface area contributed by atoms with Gasteiger partial charge in [-0.2, -0.15) is 0 Å². The number of carboxylic acids is 1. The van der Waals surface area contributed by atoms with Crippen molar-refractivity contribution in [2.24, 2.45) is 0 Å². The summed E-state index contributed by atoms with van der Waals surface area (Å²) < 4.78 is 10.3. The first-order valence-electron chi connectivity index (χ1n) is 4.96. The van der Waals surface area contributed by atoms with E-state index in [1.807, 2.05) is 0 Å². The highest BCUT2D eigenvalue weighted by molar-refractivity contribution is 5.66. The normalized spacial score (nSPS) is 9.88. The van der Waals surface area contributed by atoms with Gasteiger partial charge in [-0.25, -0.2) is 4.98 Å². The van der Waals surface area contributed by atoms with Gasteiger partial charge in [0, 0.05) is 12.6 Å². The van der Waals surface area contributed by atoms with E-state index in [0.29, 0.717) is 24.5 Å². The summed E-state index contributed by atoms with van der Waals surface area (Å²) >= 11 is 0. The van der Waals surface area contributed by atoms with Gasteiger partial charge in [-0.05, 0) is 18.9 Å². The van der Waals surface area contributed by atoms with Gasteiger partial charge in [0.1, 0.15) is 5.75 Å². The van der Waals surface area contributed by atoms with Gasteiger partial charge in [0.25, 0.3) is 0 Å². The van der Waals surface area contributed by atoms with Crippen molar-refractivity contribution >= 4 is 5.97 Å². The highest BCUT2D eigenvalue weighted by atomic mass is 16.5. The Hall–Kier alpha value is -1.78. The van der Waals surface area contributed by atoms with Gasteiger partial charge in [-0.1, -0.05) is 0 Å². The fraction of sp³-hybridized carbons (Fsp3) is 0.455. The fourth-order valence-corrected chi connectivity index (χ4v) is 1.47. The number of aromatic nitrogens is 1. The quantitative estimate of drug-likeness (QED) is 0.794. The molecule has 1 aromatic heterocycles. The number of aliphatic carboxylic acids is 1. The van der Waals surface area contributed by atoms with E-state index >= 15 is 0 Å². The molecule has 0 saturated carbocycles. The van der Waals surface area contributed by atoms with Gasteiger partial charge in [0.05, 0.1) is 19.8 Å². The molecule has 0 fully saturated rings. The molecule has 0 bridgehead atoms. The maximum absolute atomic E-state index is 10.4. The molecular weight excluding hydrogens is 210 g/mol. The molecule has 88 valence electrons. The van der Waals surface area contributed by atoms with Gasteiger partial charge in [0.2, 0.25) is 5.88 Å². The van der Waals surface area contributed by atoms with Gasteiger partial charge in [0.15, 0.2) is 0 Å². The summed E-state index contributed by atoms with van der Waals surface area (Å²) in [5.41, 5.74) is 0.814. The van der Waals surface area contributed by atoms with E-state index in [2.05, 4.69) is 4.98 Å². The predicted molar refractivity (Wildman–Crippen MR) is 57.9 cm³/mol. The molecule has 16 heavy (non-hydrogen) atoms. The molecule has 1 N–H and O–H groups in total. The molecule has 0 aliphatic heterocycles. The molecule has 0 amide bonds. The minimum atomic E-state index is -0.804. The number of carbonyl (C=O) groups is 1. The van der Waals surface area contributed by atoms with Crippen LogP contribution in [0.3, 0.4) is 0 Å². The minimum absolute atomic E-state index is 0.126. The third kappa shape index (κ3) is 3.12. The lowest BCUT2D eigenvalue weighted by Crippen LogP contribution is -2.01. The molecule has 0 aliphatic rings. The monoisotopic (exact) mass is 225 g/mol. The Bertz CT molecular complexity index is 343.